The van der Waals surface area contributed by atoms with Gasteiger partial charge in [-0.05, 0) is 55.6 Å². The Labute approximate surface area is 284 Å². The van der Waals surface area contributed by atoms with Gasteiger partial charge in [0.05, 0.1) is 37.3 Å². The van der Waals surface area contributed by atoms with Crippen molar-refractivity contribution in [3.8, 4) is 0 Å². The maximum absolute atomic E-state index is 13.0. The zero-order chi connectivity index (χ0) is 37.2. The number of likely N-dealkylation sites (N-methyl/N-ethyl adjacent to an activating group) is 2. The molecule has 0 spiro atoms. The second kappa shape index (κ2) is 18.3. The lowest BCUT2D eigenvalue weighted by Crippen LogP contribution is -2.55. The van der Waals surface area contributed by atoms with Crippen LogP contribution in [0.5, 0.6) is 0 Å². The second-order valence-electron chi connectivity index (χ2n) is 12.0. The molecule has 9 amide bonds. The lowest BCUT2D eigenvalue weighted by atomic mass is 10.1. The van der Waals surface area contributed by atoms with E-state index in [4.69, 9.17) is 4.74 Å². The Bertz CT molecular complexity index is 1230. The maximum Gasteiger partial charge on any atom is 0.249 e. The summed E-state index contributed by atoms with van der Waals surface area (Å²) in [5.74, 6) is -5.35. The van der Waals surface area contributed by atoms with Crippen LogP contribution >= 0.6 is 0 Å². The predicted octanol–water partition coefficient (Wildman–Crippen LogP) is -3.70. The Kier molecular flexibility index (Phi) is 15.2. The number of amides is 9. The van der Waals surface area contributed by atoms with Crippen LogP contribution in [0.4, 0.5) is 0 Å². The largest absolute Gasteiger partial charge is 0.369 e. The monoisotopic (exact) mass is 695 g/mol. The number of nitrogens with one attached hydrogen (secondary N) is 7. The fourth-order valence-electron chi connectivity index (χ4n) is 5.41. The summed E-state index contributed by atoms with van der Waals surface area (Å²) in [6.07, 6.45) is -3.77. The smallest absolute Gasteiger partial charge is 0.249 e. The first-order valence-corrected chi connectivity index (χ1v) is 16.1. The molecule has 0 saturated carbocycles. The number of nitrogens with zero attached hydrogens (tertiary/aromatic N) is 2. The summed E-state index contributed by atoms with van der Waals surface area (Å²) in [5.41, 5.74) is 0. The van der Waals surface area contributed by atoms with E-state index >= 15 is 0 Å². The molecule has 0 aliphatic carbocycles. The van der Waals surface area contributed by atoms with Gasteiger partial charge in [0.25, 0.3) is 0 Å². The van der Waals surface area contributed by atoms with E-state index in [1.54, 1.807) is 6.92 Å². The number of likely N-dealkylation sites (tertiary alicyclic amines) is 2. The molecule has 0 radical (unpaired) electrons. The third-order valence-corrected chi connectivity index (χ3v) is 8.06. The van der Waals surface area contributed by atoms with Crippen molar-refractivity contribution < 1.29 is 47.9 Å². The van der Waals surface area contributed by atoms with E-state index in [0.29, 0.717) is 0 Å². The molecule has 7 atom stereocenters. The highest BCUT2D eigenvalue weighted by molar-refractivity contribution is 6.09. The lowest BCUT2D eigenvalue weighted by Gasteiger charge is -2.26. The van der Waals surface area contributed by atoms with Crippen LogP contribution in [-0.4, -0.2) is 132 Å². The summed E-state index contributed by atoms with van der Waals surface area (Å²) in [6, 6.07) is -4.78. The van der Waals surface area contributed by atoms with Gasteiger partial charge in [0.2, 0.25) is 53.2 Å². The molecule has 2 fully saturated rings. The van der Waals surface area contributed by atoms with Gasteiger partial charge in [-0.15, -0.1) is 0 Å². The SMILES string of the molecule is CCOC(C)C(=O)NC(CC(=O)NC(C)NC(=O)C(C)N1C(=O)CC(NC)C1=O)CC(=O)NC(C)NC(=O)C(C)N1C(=O)CC(NC)C1=O. The van der Waals surface area contributed by atoms with Gasteiger partial charge >= 0.3 is 0 Å². The van der Waals surface area contributed by atoms with Crippen LogP contribution in [0.1, 0.15) is 67.2 Å². The topological polar surface area (TPSA) is 254 Å². The van der Waals surface area contributed by atoms with Crippen LogP contribution < -0.4 is 37.2 Å². The highest BCUT2D eigenvalue weighted by Crippen LogP contribution is 2.17. The van der Waals surface area contributed by atoms with Gasteiger partial charge < -0.3 is 42.0 Å². The van der Waals surface area contributed by atoms with Crippen molar-refractivity contribution >= 4 is 53.2 Å². The standard InChI is InChI=1S/C30H49N9O10/c1-9-49-16(4)28(46)37-19(10-22(40)33-17(5)35-26(44)14(2)38-24(42)12-20(31-7)29(38)47)11-23(41)34-18(6)36-27(45)15(3)39-25(43)13-21(32-8)30(39)48/h14-21,31-32H,9-13H2,1-8H3,(H,33,40)(H,34,41)(H,35,44)(H,36,45)(H,37,46). The third-order valence-electron chi connectivity index (χ3n) is 8.06. The molecule has 2 saturated heterocycles. The van der Waals surface area contributed by atoms with Gasteiger partial charge in [-0.2, -0.15) is 0 Å². The molecule has 7 unspecified atom stereocenters. The molecule has 2 aliphatic heterocycles. The molecule has 0 aromatic heterocycles. The number of imide groups is 2. The van der Waals surface area contributed by atoms with Gasteiger partial charge in [-0.3, -0.25) is 53.0 Å². The molecule has 2 rings (SSSR count). The average molecular weight is 696 g/mol. The Morgan fingerprint density at radius 1 is 0.653 bits per heavy atom. The van der Waals surface area contributed by atoms with Crippen molar-refractivity contribution in [2.75, 3.05) is 20.7 Å². The van der Waals surface area contributed by atoms with Crippen LogP contribution in [0.3, 0.4) is 0 Å². The van der Waals surface area contributed by atoms with Crippen LogP contribution in [0, 0.1) is 0 Å². The summed E-state index contributed by atoms with van der Waals surface area (Å²) >= 11 is 0. The maximum atomic E-state index is 13.0. The van der Waals surface area contributed by atoms with Crippen LogP contribution in [0.25, 0.3) is 0 Å². The van der Waals surface area contributed by atoms with Crippen LogP contribution in [0.2, 0.25) is 0 Å². The van der Waals surface area contributed by atoms with Gasteiger partial charge in [0.15, 0.2) is 0 Å². The highest BCUT2D eigenvalue weighted by Gasteiger charge is 2.43. The molecule has 0 bridgehead atoms. The number of carbonyl (C=O) groups is 9. The Morgan fingerprint density at radius 3 is 1.37 bits per heavy atom. The summed E-state index contributed by atoms with van der Waals surface area (Å²) in [6.45, 7) is 9.11. The molecular weight excluding hydrogens is 646 g/mol. The van der Waals surface area contributed by atoms with Crippen LogP contribution in [-0.2, 0) is 47.9 Å². The van der Waals surface area contributed by atoms with Gasteiger partial charge in [-0.1, -0.05) is 0 Å². The summed E-state index contributed by atoms with van der Waals surface area (Å²) < 4.78 is 5.30. The molecule has 2 aliphatic rings. The Morgan fingerprint density at radius 2 is 1.04 bits per heavy atom. The van der Waals surface area contributed by atoms with Crippen molar-refractivity contribution in [1.82, 2.24) is 47.0 Å². The quantitative estimate of drug-likeness (QED) is 0.0541. The summed E-state index contributed by atoms with van der Waals surface area (Å²) in [5, 5.41) is 18.2. The molecule has 19 nitrogen and oxygen atoms in total. The fraction of sp³-hybridized carbons (Fsp3) is 0.700. The number of carbonyl (C=O) groups excluding carboxylic acids is 9. The van der Waals surface area contributed by atoms with E-state index in [0.717, 1.165) is 9.80 Å². The van der Waals surface area contributed by atoms with E-state index in [2.05, 4.69) is 37.2 Å². The number of ether oxygens (including phenoxy) is 1. The molecule has 19 heteroatoms. The molecule has 0 aromatic rings. The van der Waals surface area contributed by atoms with Gasteiger partial charge in [0, 0.05) is 25.5 Å². The Hall–Kier alpha value is -4.49. The van der Waals surface area contributed by atoms with E-state index in [9.17, 15) is 43.2 Å². The van der Waals surface area contributed by atoms with Crippen molar-refractivity contribution in [2.45, 2.75) is 116 Å². The lowest BCUT2D eigenvalue weighted by molar-refractivity contribution is -0.147. The molecule has 7 N–H and O–H groups in total. The van der Waals surface area contributed by atoms with Crippen molar-refractivity contribution in [2.24, 2.45) is 0 Å². The minimum absolute atomic E-state index is 0.0793. The van der Waals surface area contributed by atoms with Crippen LogP contribution in [0.15, 0.2) is 0 Å². The normalized spacial score (nSPS) is 21.4. The van der Waals surface area contributed by atoms with Crippen molar-refractivity contribution in [3.05, 3.63) is 0 Å². The highest BCUT2D eigenvalue weighted by atomic mass is 16.5. The predicted molar refractivity (Wildman–Crippen MR) is 171 cm³/mol. The van der Waals surface area contributed by atoms with E-state index in [1.165, 1.54) is 48.7 Å². The molecular formula is C30H49N9O10. The van der Waals surface area contributed by atoms with Crippen molar-refractivity contribution in [3.63, 3.8) is 0 Å². The number of hydrogen-bond donors (Lipinski definition) is 7. The third kappa shape index (κ3) is 11.0. The summed E-state index contributed by atoms with van der Waals surface area (Å²) in [7, 11) is 3.06. The Balaban J connectivity index is 1.99. The summed E-state index contributed by atoms with van der Waals surface area (Å²) in [4.78, 5) is 115. The zero-order valence-corrected chi connectivity index (χ0v) is 29.1. The second-order valence-corrected chi connectivity index (χ2v) is 12.0. The van der Waals surface area contributed by atoms with Gasteiger partial charge in [-0.25, -0.2) is 0 Å². The van der Waals surface area contributed by atoms with E-state index in [1.807, 2.05) is 0 Å². The molecule has 274 valence electrons. The zero-order valence-electron chi connectivity index (χ0n) is 29.1. The minimum atomic E-state index is -1.14. The van der Waals surface area contributed by atoms with Crippen molar-refractivity contribution in [1.29, 1.82) is 0 Å². The number of hydrogen-bond acceptors (Lipinski definition) is 12. The minimum Gasteiger partial charge on any atom is -0.369 e. The number of rotatable bonds is 18. The van der Waals surface area contributed by atoms with E-state index < -0.39 is 115 Å². The van der Waals surface area contributed by atoms with Gasteiger partial charge in [0.1, 0.15) is 18.2 Å². The molecule has 0 aromatic carbocycles. The first kappa shape index (κ1) is 40.7. The molecule has 2 heterocycles. The average Bonchev–Trinajstić information content (AvgIpc) is 3.47. The first-order valence-electron chi connectivity index (χ1n) is 16.1. The van der Waals surface area contributed by atoms with E-state index in [-0.39, 0.29) is 19.4 Å². The molecule has 49 heavy (non-hydrogen) atoms. The fourth-order valence-corrected chi connectivity index (χ4v) is 5.41. The first-order chi connectivity index (χ1) is 22.9.